The number of nitrogens with one attached hydrogen (secondary N) is 2. The summed E-state index contributed by atoms with van der Waals surface area (Å²) in [5.41, 5.74) is -1.51. The van der Waals surface area contributed by atoms with Crippen LogP contribution in [0, 0.1) is 5.82 Å². The molecule has 1 amide bonds. The van der Waals surface area contributed by atoms with Gasteiger partial charge in [-0.15, -0.1) is 0 Å². The van der Waals surface area contributed by atoms with E-state index in [-0.39, 0.29) is 17.1 Å². The summed E-state index contributed by atoms with van der Waals surface area (Å²) in [5, 5.41) is 4.73. The Balaban J connectivity index is 1.67. The molecular formula is C21H15F4N3O3. The normalized spacial score (nSPS) is 11.0. The van der Waals surface area contributed by atoms with Gasteiger partial charge in [-0.3, -0.25) is 4.79 Å². The lowest BCUT2D eigenvalue weighted by atomic mass is 10.1. The molecule has 0 unspecified atom stereocenters. The largest absolute Gasteiger partial charge is 0.452 e. The fourth-order valence-electron chi connectivity index (χ4n) is 2.59. The van der Waals surface area contributed by atoms with Crippen LogP contribution < -0.4 is 10.6 Å². The lowest BCUT2D eigenvalue weighted by Crippen LogP contribution is -2.23. The van der Waals surface area contributed by atoms with E-state index in [0.717, 1.165) is 12.1 Å². The Hall–Kier alpha value is -3.95. The van der Waals surface area contributed by atoms with Crippen LogP contribution in [-0.4, -0.2) is 23.5 Å². The van der Waals surface area contributed by atoms with Gasteiger partial charge in [0.2, 0.25) is 0 Å². The number of anilines is 3. The highest BCUT2D eigenvalue weighted by molar-refractivity contribution is 5.98. The smallest absolute Gasteiger partial charge is 0.418 e. The number of halogens is 4. The molecule has 0 spiro atoms. The third kappa shape index (κ3) is 5.56. The summed E-state index contributed by atoms with van der Waals surface area (Å²) in [6.45, 7) is -0.834. The van der Waals surface area contributed by atoms with Crippen molar-refractivity contribution in [3.8, 4) is 0 Å². The number of carbonyl (C=O) groups is 2. The van der Waals surface area contributed by atoms with E-state index in [0.29, 0.717) is 0 Å². The minimum atomic E-state index is -4.66. The van der Waals surface area contributed by atoms with Crippen molar-refractivity contribution in [1.29, 1.82) is 0 Å². The van der Waals surface area contributed by atoms with Gasteiger partial charge < -0.3 is 15.4 Å². The number of ether oxygens (including phenoxy) is 1. The topological polar surface area (TPSA) is 80.3 Å². The Labute approximate surface area is 173 Å². The lowest BCUT2D eigenvalue weighted by Gasteiger charge is -2.14. The average Bonchev–Trinajstić information content (AvgIpc) is 2.74. The first-order valence-corrected chi connectivity index (χ1v) is 8.85. The first kappa shape index (κ1) is 21.8. The third-order valence-corrected chi connectivity index (χ3v) is 4.00. The van der Waals surface area contributed by atoms with Gasteiger partial charge in [-0.2, -0.15) is 13.2 Å². The number of aromatic nitrogens is 1. The Morgan fingerprint density at radius 1 is 0.935 bits per heavy atom. The highest BCUT2D eigenvalue weighted by Crippen LogP contribution is 2.34. The van der Waals surface area contributed by atoms with Crippen molar-refractivity contribution < 1.29 is 31.9 Å². The zero-order chi connectivity index (χ0) is 22.4. The van der Waals surface area contributed by atoms with Crippen LogP contribution in [0.25, 0.3) is 0 Å². The molecular weight excluding hydrogens is 418 g/mol. The average molecular weight is 433 g/mol. The molecule has 0 aliphatic carbocycles. The van der Waals surface area contributed by atoms with Gasteiger partial charge in [-0.25, -0.2) is 14.2 Å². The molecule has 160 valence electrons. The highest BCUT2D eigenvalue weighted by Gasteiger charge is 2.33. The fraction of sp³-hybridized carbons (Fsp3) is 0.0952. The predicted molar refractivity (Wildman–Crippen MR) is 104 cm³/mol. The van der Waals surface area contributed by atoms with Gasteiger partial charge in [0.1, 0.15) is 17.2 Å². The van der Waals surface area contributed by atoms with Gasteiger partial charge >= 0.3 is 12.1 Å². The second-order valence-corrected chi connectivity index (χ2v) is 6.17. The number of esters is 1. The number of alkyl halides is 3. The molecule has 0 bridgehead atoms. The van der Waals surface area contributed by atoms with Gasteiger partial charge in [0.05, 0.1) is 16.9 Å². The van der Waals surface area contributed by atoms with E-state index in [1.54, 1.807) is 6.07 Å². The molecule has 2 aromatic carbocycles. The number of para-hydroxylation sites is 2. The second kappa shape index (κ2) is 9.24. The number of hydrogen-bond donors (Lipinski definition) is 2. The quantitative estimate of drug-likeness (QED) is 0.432. The van der Waals surface area contributed by atoms with Gasteiger partial charge in [-0.1, -0.05) is 24.3 Å². The van der Waals surface area contributed by atoms with Crippen molar-refractivity contribution >= 4 is 29.1 Å². The number of pyridine rings is 1. The first-order chi connectivity index (χ1) is 14.8. The Bertz CT molecular complexity index is 1100. The van der Waals surface area contributed by atoms with Crippen LogP contribution >= 0.6 is 0 Å². The van der Waals surface area contributed by atoms with Crippen LogP contribution in [0.4, 0.5) is 34.8 Å². The minimum Gasteiger partial charge on any atom is -0.452 e. The summed E-state index contributed by atoms with van der Waals surface area (Å²) in [6, 6.07) is 12.9. The molecule has 31 heavy (non-hydrogen) atoms. The van der Waals surface area contributed by atoms with Crippen LogP contribution in [-0.2, 0) is 15.7 Å². The molecule has 10 heteroatoms. The minimum absolute atomic E-state index is 0.0135. The first-order valence-electron chi connectivity index (χ1n) is 8.85. The van der Waals surface area contributed by atoms with Crippen molar-refractivity contribution in [1.82, 2.24) is 4.98 Å². The molecule has 0 atom stereocenters. The monoisotopic (exact) mass is 433 g/mol. The number of hydrogen-bond acceptors (Lipinski definition) is 5. The van der Waals surface area contributed by atoms with Gasteiger partial charge in [0.25, 0.3) is 5.91 Å². The molecule has 0 fully saturated rings. The molecule has 1 heterocycles. The van der Waals surface area contributed by atoms with Gasteiger partial charge in [0.15, 0.2) is 6.61 Å². The van der Waals surface area contributed by atoms with Crippen molar-refractivity contribution in [2.45, 2.75) is 6.18 Å². The number of carbonyl (C=O) groups excluding carboxylic acids is 2. The molecule has 3 aromatic rings. The second-order valence-electron chi connectivity index (χ2n) is 6.17. The third-order valence-electron chi connectivity index (χ3n) is 4.00. The maximum absolute atomic E-state index is 13.8. The van der Waals surface area contributed by atoms with Crippen molar-refractivity contribution in [3.05, 3.63) is 83.8 Å². The lowest BCUT2D eigenvalue weighted by molar-refractivity contribution is -0.137. The zero-order valence-electron chi connectivity index (χ0n) is 15.7. The van der Waals surface area contributed by atoms with Crippen LogP contribution in [0.15, 0.2) is 66.9 Å². The van der Waals surface area contributed by atoms with E-state index in [1.807, 2.05) is 0 Å². The standard InChI is InChI=1S/C21H15F4N3O3/c22-15-8-2-4-10-17(15)28-19-13(6-5-11-26-19)20(30)31-12-18(29)27-16-9-3-1-7-14(16)21(23,24)25/h1-11H,12H2,(H,26,28)(H,27,29). The van der Waals surface area contributed by atoms with E-state index < -0.39 is 41.7 Å². The number of rotatable bonds is 6. The fourth-order valence-corrected chi connectivity index (χ4v) is 2.59. The summed E-state index contributed by atoms with van der Waals surface area (Å²) in [7, 11) is 0. The Morgan fingerprint density at radius 3 is 2.32 bits per heavy atom. The van der Waals surface area contributed by atoms with Crippen molar-refractivity contribution in [2.24, 2.45) is 0 Å². The molecule has 6 nitrogen and oxygen atoms in total. The molecule has 3 rings (SSSR count). The van der Waals surface area contributed by atoms with Crippen molar-refractivity contribution in [2.75, 3.05) is 17.2 Å². The molecule has 0 aliphatic rings. The van der Waals surface area contributed by atoms with Gasteiger partial charge in [-0.05, 0) is 36.4 Å². The molecule has 2 N–H and O–H groups in total. The van der Waals surface area contributed by atoms with Crippen LogP contribution in [0.3, 0.4) is 0 Å². The van der Waals surface area contributed by atoms with Crippen LogP contribution in [0.5, 0.6) is 0 Å². The molecule has 0 saturated carbocycles. The molecule has 0 radical (unpaired) electrons. The van der Waals surface area contributed by atoms with E-state index in [1.165, 1.54) is 48.7 Å². The van der Waals surface area contributed by atoms with Crippen LogP contribution in [0.1, 0.15) is 15.9 Å². The summed E-state index contributed by atoms with van der Waals surface area (Å²) in [4.78, 5) is 28.3. The summed E-state index contributed by atoms with van der Waals surface area (Å²) in [6.07, 6.45) is -3.30. The Morgan fingerprint density at radius 2 is 1.61 bits per heavy atom. The maximum atomic E-state index is 13.8. The molecule has 0 saturated heterocycles. The molecule has 1 aromatic heterocycles. The maximum Gasteiger partial charge on any atom is 0.418 e. The Kier molecular flexibility index (Phi) is 6.49. The van der Waals surface area contributed by atoms with E-state index in [2.05, 4.69) is 15.6 Å². The highest BCUT2D eigenvalue weighted by atomic mass is 19.4. The molecule has 0 aliphatic heterocycles. The van der Waals surface area contributed by atoms with E-state index in [9.17, 15) is 27.2 Å². The summed E-state index contributed by atoms with van der Waals surface area (Å²) in [5.74, 6) is -2.51. The van der Waals surface area contributed by atoms with Crippen LogP contribution in [0.2, 0.25) is 0 Å². The predicted octanol–water partition coefficient (Wildman–Crippen LogP) is 4.78. The zero-order valence-corrected chi connectivity index (χ0v) is 15.7. The van der Waals surface area contributed by atoms with E-state index in [4.69, 9.17) is 4.74 Å². The SMILES string of the molecule is O=C(COC(=O)c1cccnc1Nc1ccccc1F)Nc1ccccc1C(F)(F)F. The van der Waals surface area contributed by atoms with Crippen molar-refractivity contribution in [3.63, 3.8) is 0 Å². The summed E-state index contributed by atoms with van der Waals surface area (Å²) >= 11 is 0. The number of nitrogens with zero attached hydrogens (tertiary/aromatic N) is 1. The number of benzene rings is 2. The van der Waals surface area contributed by atoms with E-state index >= 15 is 0 Å². The number of amides is 1. The van der Waals surface area contributed by atoms with Gasteiger partial charge in [0, 0.05) is 6.20 Å². The summed E-state index contributed by atoms with van der Waals surface area (Å²) < 4.78 is 57.8.